The van der Waals surface area contributed by atoms with Crippen LogP contribution in [0.5, 0.6) is 0 Å². The standard InChI is InChI=1S/C10H14F2N2O2/c1-2-16-10(15)14-13-6-7-3-4-8(11)5-9(7)12/h3-5,10,13-15H,2,6H2,1H3. The van der Waals surface area contributed by atoms with Crippen LogP contribution in [-0.2, 0) is 11.3 Å². The molecule has 1 unspecified atom stereocenters. The number of rotatable bonds is 6. The largest absolute Gasteiger partial charge is 0.355 e. The molecule has 1 aromatic carbocycles. The third-order valence-corrected chi connectivity index (χ3v) is 1.84. The predicted molar refractivity (Wildman–Crippen MR) is 54.0 cm³/mol. The van der Waals surface area contributed by atoms with Gasteiger partial charge in [0, 0.05) is 24.8 Å². The highest BCUT2D eigenvalue weighted by molar-refractivity contribution is 5.18. The summed E-state index contributed by atoms with van der Waals surface area (Å²) < 4.78 is 30.4. The molecule has 3 N–H and O–H groups in total. The van der Waals surface area contributed by atoms with Crippen LogP contribution in [0.3, 0.4) is 0 Å². The highest BCUT2D eigenvalue weighted by Gasteiger charge is 2.04. The van der Waals surface area contributed by atoms with Gasteiger partial charge in [-0.1, -0.05) is 6.07 Å². The van der Waals surface area contributed by atoms with Crippen LogP contribution >= 0.6 is 0 Å². The van der Waals surface area contributed by atoms with Gasteiger partial charge in [-0.05, 0) is 13.0 Å². The van der Waals surface area contributed by atoms with Crippen molar-refractivity contribution >= 4 is 0 Å². The topological polar surface area (TPSA) is 53.5 Å². The van der Waals surface area contributed by atoms with E-state index in [9.17, 15) is 8.78 Å². The van der Waals surface area contributed by atoms with Crippen LogP contribution in [-0.4, -0.2) is 18.1 Å². The van der Waals surface area contributed by atoms with Gasteiger partial charge in [-0.15, -0.1) is 0 Å². The SMILES string of the molecule is CCOC(O)NNCc1ccc(F)cc1F. The van der Waals surface area contributed by atoms with E-state index in [-0.39, 0.29) is 12.1 Å². The van der Waals surface area contributed by atoms with Gasteiger partial charge < -0.3 is 9.84 Å². The fourth-order valence-electron chi connectivity index (χ4n) is 1.10. The molecule has 0 aliphatic heterocycles. The third-order valence-electron chi connectivity index (χ3n) is 1.84. The lowest BCUT2D eigenvalue weighted by atomic mass is 10.2. The molecule has 4 nitrogen and oxygen atoms in total. The molecule has 0 amide bonds. The third kappa shape index (κ3) is 4.19. The van der Waals surface area contributed by atoms with Crippen LogP contribution in [0.15, 0.2) is 18.2 Å². The first-order chi connectivity index (χ1) is 7.63. The molecule has 1 aromatic rings. The van der Waals surface area contributed by atoms with Gasteiger partial charge in [0.1, 0.15) is 11.6 Å². The number of hydrazine groups is 1. The van der Waals surface area contributed by atoms with E-state index in [0.29, 0.717) is 6.61 Å². The molecule has 6 heteroatoms. The van der Waals surface area contributed by atoms with E-state index in [0.717, 1.165) is 6.07 Å². The second-order valence-corrected chi connectivity index (χ2v) is 3.04. The molecule has 1 atom stereocenters. The Hall–Kier alpha value is -1.08. The van der Waals surface area contributed by atoms with Crippen LogP contribution < -0.4 is 10.9 Å². The average molecular weight is 232 g/mol. The number of hydrogen-bond acceptors (Lipinski definition) is 4. The minimum atomic E-state index is -1.16. The number of hydrogen-bond donors (Lipinski definition) is 3. The summed E-state index contributed by atoms with van der Waals surface area (Å²) in [5.41, 5.74) is 5.25. The van der Waals surface area contributed by atoms with Crippen molar-refractivity contribution < 1.29 is 18.6 Å². The second-order valence-electron chi connectivity index (χ2n) is 3.04. The second kappa shape index (κ2) is 6.49. The molecule has 0 radical (unpaired) electrons. The van der Waals surface area contributed by atoms with Gasteiger partial charge in [0.25, 0.3) is 0 Å². The maximum Gasteiger partial charge on any atom is 0.226 e. The number of benzene rings is 1. The molecular formula is C10H14F2N2O2. The number of aliphatic hydroxyl groups excluding tert-OH is 1. The van der Waals surface area contributed by atoms with E-state index >= 15 is 0 Å². The summed E-state index contributed by atoms with van der Waals surface area (Å²) >= 11 is 0. The first-order valence-corrected chi connectivity index (χ1v) is 4.85. The zero-order valence-corrected chi connectivity index (χ0v) is 8.84. The van der Waals surface area contributed by atoms with Gasteiger partial charge in [0.15, 0.2) is 0 Å². The van der Waals surface area contributed by atoms with E-state index in [1.165, 1.54) is 12.1 Å². The Kier molecular flexibility index (Phi) is 5.27. The first kappa shape index (κ1) is 13.0. The maximum absolute atomic E-state index is 13.1. The molecule has 0 aliphatic carbocycles. The zero-order valence-electron chi connectivity index (χ0n) is 8.84. The quantitative estimate of drug-likeness (QED) is 0.503. The van der Waals surface area contributed by atoms with Gasteiger partial charge in [-0.3, -0.25) is 0 Å². The molecule has 0 aromatic heterocycles. The smallest absolute Gasteiger partial charge is 0.226 e. The van der Waals surface area contributed by atoms with Crippen LogP contribution in [0.2, 0.25) is 0 Å². The van der Waals surface area contributed by atoms with E-state index in [4.69, 9.17) is 9.84 Å². The van der Waals surface area contributed by atoms with Crippen molar-refractivity contribution in [2.24, 2.45) is 0 Å². The van der Waals surface area contributed by atoms with Gasteiger partial charge in [0.05, 0.1) is 0 Å². The fraction of sp³-hybridized carbons (Fsp3) is 0.400. The summed E-state index contributed by atoms with van der Waals surface area (Å²) in [4.78, 5) is 0. The van der Waals surface area contributed by atoms with Crippen LogP contribution in [0.4, 0.5) is 8.78 Å². The van der Waals surface area contributed by atoms with Crippen molar-refractivity contribution in [2.45, 2.75) is 19.9 Å². The van der Waals surface area contributed by atoms with Crippen molar-refractivity contribution in [3.8, 4) is 0 Å². The van der Waals surface area contributed by atoms with Crippen molar-refractivity contribution in [3.63, 3.8) is 0 Å². The first-order valence-electron chi connectivity index (χ1n) is 4.85. The lowest BCUT2D eigenvalue weighted by Gasteiger charge is -2.13. The van der Waals surface area contributed by atoms with Crippen molar-refractivity contribution in [1.82, 2.24) is 10.9 Å². The molecule has 0 saturated heterocycles. The van der Waals surface area contributed by atoms with Crippen LogP contribution in [0.25, 0.3) is 0 Å². The Morgan fingerprint density at radius 1 is 1.44 bits per heavy atom. The summed E-state index contributed by atoms with van der Waals surface area (Å²) in [7, 11) is 0. The Morgan fingerprint density at radius 3 is 2.81 bits per heavy atom. The number of halogens is 2. The van der Waals surface area contributed by atoms with E-state index in [2.05, 4.69) is 10.9 Å². The summed E-state index contributed by atoms with van der Waals surface area (Å²) in [6.07, 6.45) is -1.16. The maximum atomic E-state index is 13.1. The molecular weight excluding hydrogens is 218 g/mol. The Morgan fingerprint density at radius 2 is 2.19 bits per heavy atom. The van der Waals surface area contributed by atoms with Crippen molar-refractivity contribution in [3.05, 3.63) is 35.4 Å². The average Bonchev–Trinajstić information content (AvgIpc) is 2.22. The minimum absolute atomic E-state index is 0.107. The molecule has 0 heterocycles. The van der Waals surface area contributed by atoms with Crippen molar-refractivity contribution in [1.29, 1.82) is 0 Å². The summed E-state index contributed by atoms with van der Waals surface area (Å²) in [5, 5.41) is 9.09. The molecule has 0 saturated carbocycles. The highest BCUT2D eigenvalue weighted by Crippen LogP contribution is 2.08. The van der Waals surface area contributed by atoms with Gasteiger partial charge in [-0.2, -0.15) is 0 Å². The molecule has 0 aliphatic rings. The van der Waals surface area contributed by atoms with Crippen molar-refractivity contribution in [2.75, 3.05) is 6.61 Å². The molecule has 16 heavy (non-hydrogen) atoms. The number of nitrogens with one attached hydrogen (secondary N) is 2. The summed E-state index contributed by atoms with van der Waals surface area (Å²) in [6.45, 7) is 2.18. The Bertz CT molecular complexity index is 337. The Labute approximate surface area is 92.2 Å². The molecule has 1 rings (SSSR count). The summed E-state index contributed by atoms with van der Waals surface area (Å²) in [6, 6.07) is 3.29. The van der Waals surface area contributed by atoms with E-state index in [1.807, 2.05) is 0 Å². The molecule has 0 bridgehead atoms. The number of ether oxygens (including phenoxy) is 1. The molecule has 0 fully saturated rings. The Balaban J connectivity index is 2.37. The van der Waals surface area contributed by atoms with Gasteiger partial charge >= 0.3 is 0 Å². The monoisotopic (exact) mass is 232 g/mol. The van der Waals surface area contributed by atoms with E-state index in [1.54, 1.807) is 6.92 Å². The lowest BCUT2D eigenvalue weighted by Crippen LogP contribution is -2.42. The van der Waals surface area contributed by atoms with E-state index < -0.39 is 18.0 Å². The van der Waals surface area contributed by atoms with Gasteiger partial charge in [0.2, 0.25) is 6.41 Å². The summed E-state index contributed by atoms with van der Waals surface area (Å²) in [5.74, 6) is -1.26. The zero-order chi connectivity index (χ0) is 12.0. The normalized spacial score (nSPS) is 12.8. The molecule has 90 valence electrons. The minimum Gasteiger partial charge on any atom is -0.355 e. The van der Waals surface area contributed by atoms with Crippen LogP contribution in [0, 0.1) is 11.6 Å². The van der Waals surface area contributed by atoms with Gasteiger partial charge in [-0.25, -0.2) is 19.6 Å². The number of aliphatic hydroxyl groups is 1. The fourth-order valence-corrected chi connectivity index (χ4v) is 1.10. The predicted octanol–water partition coefficient (Wildman–Crippen LogP) is 0.871. The molecule has 0 spiro atoms. The van der Waals surface area contributed by atoms with Crippen LogP contribution in [0.1, 0.15) is 12.5 Å². The lowest BCUT2D eigenvalue weighted by molar-refractivity contribution is -0.124. The highest BCUT2D eigenvalue weighted by atomic mass is 19.1.